The second-order valence-electron chi connectivity index (χ2n) is 4.06. The van der Waals surface area contributed by atoms with E-state index < -0.39 is 11.6 Å². The van der Waals surface area contributed by atoms with Gasteiger partial charge in [-0.2, -0.15) is 0 Å². The van der Waals surface area contributed by atoms with Gasteiger partial charge in [-0.15, -0.1) is 0 Å². The van der Waals surface area contributed by atoms with E-state index in [1.807, 2.05) is 31.2 Å². The molecule has 0 bridgehead atoms. The molecule has 0 fully saturated rings. The number of aryl methyl sites for hydroxylation is 1. The van der Waals surface area contributed by atoms with Gasteiger partial charge in [0.15, 0.2) is 23.3 Å². The molecule has 0 saturated carbocycles. The number of aromatic nitrogens is 1. The summed E-state index contributed by atoms with van der Waals surface area (Å²) in [6.07, 6.45) is 0. The third-order valence-electron chi connectivity index (χ3n) is 2.68. The average Bonchev–Trinajstić information content (AvgIpc) is 2.34. The highest BCUT2D eigenvalue weighted by Crippen LogP contribution is 2.26. The zero-order valence-corrected chi connectivity index (χ0v) is 10.1. The van der Waals surface area contributed by atoms with Crippen LogP contribution in [0, 0.1) is 18.6 Å². The van der Waals surface area contributed by atoms with Crippen molar-refractivity contribution in [1.29, 1.82) is 0 Å². The van der Waals surface area contributed by atoms with E-state index in [0.717, 1.165) is 17.3 Å². The number of nitrogens with two attached hydrogens (primary N) is 1. The second-order valence-corrected chi connectivity index (χ2v) is 4.06. The topological polar surface area (TPSA) is 42.2 Å². The fourth-order valence-corrected chi connectivity index (χ4v) is 1.60. The van der Waals surface area contributed by atoms with E-state index in [2.05, 4.69) is 4.98 Å². The minimum absolute atomic E-state index is 0.00208. The molecule has 0 aliphatic heterocycles. The van der Waals surface area contributed by atoms with Crippen molar-refractivity contribution in [2.45, 2.75) is 6.92 Å². The standard InChI is InChI=1S/C13H13F2N3/c1-8-3-5-9(6-4-8)18(2)13-11(15)7-10(14)12(16)17-13/h3-7H,1-2H3,(H2,16,17). The van der Waals surface area contributed by atoms with Crippen LogP contribution in [0.25, 0.3) is 0 Å². The molecule has 1 aromatic carbocycles. The molecule has 0 spiro atoms. The molecule has 2 N–H and O–H groups in total. The summed E-state index contributed by atoms with van der Waals surface area (Å²) in [6, 6.07) is 8.20. The molecule has 2 aromatic rings. The summed E-state index contributed by atoms with van der Waals surface area (Å²) in [5.74, 6) is -1.92. The van der Waals surface area contributed by atoms with Crippen molar-refractivity contribution in [2.75, 3.05) is 17.7 Å². The van der Waals surface area contributed by atoms with Gasteiger partial charge in [0.25, 0.3) is 0 Å². The van der Waals surface area contributed by atoms with E-state index in [0.29, 0.717) is 0 Å². The number of hydrogen-bond acceptors (Lipinski definition) is 3. The maximum atomic E-state index is 13.6. The van der Waals surface area contributed by atoms with Gasteiger partial charge in [0.05, 0.1) is 0 Å². The molecule has 5 heteroatoms. The summed E-state index contributed by atoms with van der Waals surface area (Å²) in [5, 5.41) is 0. The molecule has 3 nitrogen and oxygen atoms in total. The van der Waals surface area contributed by atoms with Gasteiger partial charge in [-0.05, 0) is 19.1 Å². The number of halogens is 2. The number of rotatable bonds is 2. The van der Waals surface area contributed by atoms with E-state index in [4.69, 9.17) is 5.73 Å². The lowest BCUT2D eigenvalue weighted by atomic mass is 10.2. The number of nitrogens with zero attached hydrogens (tertiary/aromatic N) is 2. The molecule has 0 radical (unpaired) electrons. The summed E-state index contributed by atoms with van der Waals surface area (Å²) in [6.45, 7) is 1.96. The van der Waals surface area contributed by atoms with E-state index in [1.54, 1.807) is 7.05 Å². The monoisotopic (exact) mass is 249 g/mol. The molecule has 0 saturated heterocycles. The van der Waals surface area contributed by atoms with Crippen molar-refractivity contribution in [1.82, 2.24) is 4.98 Å². The van der Waals surface area contributed by atoms with Crippen LogP contribution in [0.2, 0.25) is 0 Å². The summed E-state index contributed by atoms with van der Waals surface area (Å²) in [4.78, 5) is 5.24. The van der Waals surface area contributed by atoms with Crippen molar-refractivity contribution < 1.29 is 8.78 Å². The van der Waals surface area contributed by atoms with Crippen molar-refractivity contribution in [3.63, 3.8) is 0 Å². The van der Waals surface area contributed by atoms with Gasteiger partial charge in [-0.3, -0.25) is 0 Å². The summed E-state index contributed by atoms with van der Waals surface area (Å²) in [5.41, 5.74) is 7.19. The summed E-state index contributed by atoms with van der Waals surface area (Å²) in [7, 11) is 1.65. The maximum absolute atomic E-state index is 13.6. The predicted octanol–water partition coefficient (Wildman–Crippen LogP) is 3.02. The molecule has 0 aliphatic carbocycles. The Morgan fingerprint density at radius 1 is 1.11 bits per heavy atom. The number of anilines is 3. The third-order valence-corrected chi connectivity index (χ3v) is 2.68. The molecule has 18 heavy (non-hydrogen) atoms. The molecule has 0 unspecified atom stereocenters. The number of benzene rings is 1. The fraction of sp³-hybridized carbons (Fsp3) is 0.154. The number of nitrogen functional groups attached to an aromatic ring is 1. The first kappa shape index (κ1) is 12.3. The van der Waals surface area contributed by atoms with Gasteiger partial charge in [-0.1, -0.05) is 17.7 Å². The zero-order chi connectivity index (χ0) is 13.3. The fourth-order valence-electron chi connectivity index (χ4n) is 1.60. The van der Waals surface area contributed by atoms with Crippen LogP contribution in [-0.4, -0.2) is 12.0 Å². The molecule has 0 aliphatic rings. The Labute approximate surface area is 104 Å². The van der Waals surface area contributed by atoms with Crippen LogP contribution in [0.3, 0.4) is 0 Å². The van der Waals surface area contributed by atoms with Gasteiger partial charge < -0.3 is 10.6 Å². The quantitative estimate of drug-likeness (QED) is 0.889. The molecule has 0 atom stereocenters. The van der Waals surface area contributed by atoms with Crippen LogP contribution >= 0.6 is 0 Å². The minimum atomic E-state index is -0.853. The smallest absolute Gasteiger partial charge is 0.171 e. The maximum Gasteiger partial charge on any atom is 0.171 e. The lowest BCUT2D eigenvalue weighted by Crippen LogP contribution is -2.14. The highest BCUT2D eigenvalue weighted by atomic mass is 19.1. The van der Waals surface area contributed by atoms with Gasteiger partial charge in [0.1, 0.15) is 0 Å². The Hall–Kier alpha value is -2.17. The van der Waals surface area contributed by atoms with Crippen LogP contribution < -0.4 is 10.6 Å². The van der Waals surface area contributed by atoms with Gasteiger partial charge in [-0.25, -0.2) is 13.8 Å². The molecule has 1 heterocycles. The first-order chi connectivity index (χ1) is 8.49. The van der Waals surface area contributed by atoms with Crippen LogP contribution in [0.5, 0.6) is 0 Å². The van der Waals surface area contributed by atoms with Gasteiger partial charge >= 0.3 is 0 Å². The Morgan fingerprint density at radius 2 is 1.72 bits per heavy atom. The van der Waals surface area contributed by atoms with Crippen LogP contribution in [0.4, 0.5) is 26.1 Å². The number of pyridine rings is 1. The van der Waals surface area contributed by atoms with E-state index in [-0.39, 0.29) is 11.6 Å². The average molecular weight is 249 g/mol. The lowest BCUT2D eigenvalue weighted by molar-refractivity contribution is 0.577. The second kappa shape index (κ2) is 4.60. The molecular weight excluding hydrogens is 236 g/mol. The van der Waals surface area contributed by atoms with Crippen molar-refractivity contribution >= 4 is 17.3 Å². The van der Waals surface area contributed by atoms with Crippen molar-refractivity contribution in [2.24, 2.45) is 0 Å². The van der Waals surface area contributed by atoms with E-state index >= 15 is 0 Å². The van der Waals surface area contributed by atoms with Gasteiger partial charge in [0.2, 0.25) is 0 Å². The van der Waals surface area contributed by atoms with Crippen molar-refractivity contribution in [3.8, 4) is 0 Å². The highest BCUT2D eigenvalue weighted by Gasteiger charge is 2.14. The van der Waals surface area contributed by atoms with E-state index in [1.165, 1.54) is 4.90 Å². The first-order valence-corrected chi connectivity index (χ1v) is 5.41. The normalized spacial score (nSPS) is 10.4. The Morgan fingerprint density at radius 3 is 2.33 bits per heavy atom. The first-order valence-electron chi connectivity index (χ1n) is 5.41. The van der Waals surface area contributed by atoms with Gasteiger partial charge in [0, 0.05) is 18.8 Å². The Balaban J connectivity index is 2.42. The predicted molar refractivity (Wildman–Crippen MR) is 67.8 cm³/mol. The number of hydrogen-bond donors (Lipinski definition) is 1. The van der Waals surface area contributed by atoms with E-state index in [9.17, 15) is 8.78 Å². The SMILES string of the molecule is Cc1ccc(N(C)c2nc(N)c(F)cc2F)cc1. The summed E-state index contributed by atoms with van der Waals surface area (Å²) >= 11 is 0. The van der Waals surface area contributed by atoms with Crippen LogP contribution in [0.1, 0.15) is 5.56 Å². The Kier molecular flexibility index (Phi) is 3.14. The zero-order valence-electron chi connectivity index (χ0n) is 10.1. The molecule has 2 rings (SSSR count). The van der Waals surface area contributed by atoms with Crippen LogP contribution in [-0.2, 0) is 0 Å². The van der Waals surface area contributed by atoms with Crippen LogP contribution in [0.15, 0.2) is 30.3 Å². The molecular formula is C13H13F2N3. The minimum Gasteiger partial charge on any atom is -0.381 e. The summed E-state index contributed by atoms with van der Waals surface area (Å²) < 4.78 is 26.7. The molecule has 1 aromatic heterocycles. The third kappa shape index (κ3) is 2.25. The largest absolute Gasteiger partial charge is 0.381 e. The molecule has 94 valence electrons. The lowest BCUT2D eigenvalue weighted by Gasteiger charge is -2.19. The highest BCUT2D eigenvalue weighted by molar-refractivity contribution is 5.61. The molecule has 0 amide bonds. The Bertz CT molecular complexity index is 567. The van der Waals surface area contributed by atoms with Crippen molar-refractivity contribution in [3.05, 3.63) is 47.5 Å².